The number of carbonyl (C=O) groups excluding carboxylic acids is 2. The summed E-state index contributed by atoms with van der Waals surface area (Å²) in [5.41, 5.74) is 0.409. The van der Waals surface area contributed by atoms with Crippen molar-refractivity contribution in [2.75, 3.05) is 5.75 Å². The monoisotopic (exact) mass is 368 g/mol. The Balaban J connectivity index is 1.76. The molecule has 1 aromatic heterocycles. The highest BCUT2D eigenvalue weighted by Gasteiger charge is 2.54. The molecule has 1 aromatic rings. The van der Waals surface area contributed by atoms with E-state index in [-0.39, 0.29) is 17.3 Å². The molecule has 3 rings (SSSR count). The lowest BCUT2D eigenvalue weighted by Crippen LogP contribution is -2.70. The molecule has 9 heteroatoms. The van der Waals surface area contributed by atoms with Crippen molar-refractivity contribution in [2.24, 2.45) is 0 Å². The fraction of sp³-hybridized carbons (Fsp3) is 0.267. The van der Waals surface area contributed by atoms with Gasteiger partial charge >= 0.3 is 5.97 Å². The van der Waals surface area contributed by atoms with E-state index in [0.717, 1.165) is 0 Å². The molecule has 126 valence electrons. The summed E-state index contributed by atoms with van der Waals surface area (Å²) in [6, 6.07) is 2.25. The Morgan fingerprint density at radius 2 is 2.29 bits per heavy atom. The van der Waals surface area contributed by atoms with Crippen LogP contribution in [0.1, 0.15) is 16.3 Å². The largest absolute Gasteiger partial charge is 0.477 e. The Bertz CT molecular complexity index is 772. The van der Waals surface area contributed by atoms with Crippen LogP contribution in [0, 0.1) is 0 Å². The van der Waals surface area contributed by atoms with Gasteiger partial charge in [0.2, 0.25) is 0 Å². The number of furan rings is 1. The summed E-state index contributed by atoms with van der Waals surface area (Å²) in [7, 11) is 0. The predicted octanol–water partition coefficient (Wildman–Crippen LogP) is 1.56. The number of halogens is 1. The van der Waals surface area contributed by atoms with Gasteiger partial charge in [-0.2, -0.15) is 0 Å². The van der Waals surface area contributed by atoms with Crippen molar-refractivity contribution in [3.63, 3.8) is 0 Å². The highest BCUT2D eigenvalue weighted by molar-refractivity contribution is 8.00. The molecule has 0 saturated carbocycles. The Hall–Kier alpha value is -2.19. The van der Waals surface area contributed by atoms with E-state index < -0.39 is 29.2 Å². The SMILES string of the molecule is C=CC1=C(C(=O)O)N2C(=O)[C@@H](NC(=O)c3ccc(CCl)o3)[C@H]2SC1. The fourth-order valence-corrected chi connectivity index (χ4v) is 4.07. The van der Waals surface area contributed by atoms with Crippen LogP contribution < -0.4 is 5.32 Å². The summed E-state index contributed by atoms with van der Waals surface area (Å²) in [5.74, 6) is -1.16. The van der Waals surface area contributed by atoms with Crippen LogP contribution >= 0.6 is 23.4 Å². The van der Waals surface area contributed by atoms with Crippen LogP contribution in [0.5, 0.6) is 0 Å². The first-order valence-electron chi connectivity index (χ1n) is 6.97. The molecule has 0 radical (unpaired) electrons. The normalized spacial score (nSPS) is 22.7. The number of thioether (sulfide) groups is 1. The lowest BCUT2D eigenvalue weighted by atomic mass is 10.0. The number of carboxylic acid groups (broad SMARTS) is 1. The number of allylic oxidation sites excluding steroid dienone is 1. The first-order chi connectivity index (χ1) is 11.5. The molecule has 2 aliphatic heterocycles. The topological polar surface area (TPSA) is 99.9 Å². The number of rotatable bonds is 5. The zero-order valence-corrected chi connectivity index (χ0v) is 13.9. The molecule has 0 bridgehead atoms. The average molecular weight is 369 g/mol. The van der Waals surface area contributed by atoms with Crippen molar-refractivity contribution < 1.29 is 23.9 Å². The van der Waals surface area contributed by atoms with E-state index in [1.807, 2.05) is 0 Å². The molecule has 1 fully saturated rings. The van der Waals surface area contributed by atoms with E-state index in [1.165, 1.54) is 28.8 Å². The predicted molar refractivity (Wildman–Crippen MR) is 87.5 cm³/mol. The molecule has 0 unspecified atom stereocenters. The number of nitrogens with one attached hydrogen (secondary N) is 1. The number of nitrogens with zero attached hydrogens (tertiary/aromatic N) is 1. The summed E-state index contributed by atoms with van der Waals surface area (Å²) < 4.78 is 5.24. The lowest BCUT2D eigenvalue weighted by molar-refractivity contribution is -0.148. The molecular formula is C15H13ClN2O5S. The molecule has 2 N–H and O–H groups in total. The summed E-state index contributed by atoms with van der Waals surface area (Å²) in [6.07, 6.45) is 1.43. The zero-order valence-electron chi connectivity index (χ0n) is 12.3. The molecule has 1 saturated heterocycles. The molecule has 2 aliphatic rings. The van der Waals surface area contributed by atoms with Gasteiger partial charge in [-0.25, -0.2) is 4.79 Å². The van der Waals surface area contributed by atoms with Gasteiger partial charge < -0.3 is 14.8 Å². The van der Waals surface area contributed by atoms with E-state index in [4.69, 9.17) is 16.0 Å². The maximum atomic E-state index is 12.3. The number of fused-ring (bicyclic) bond motifs is 1. The fourth-order valence-electron chi connectivity index (χ4n) is 2.58. The zero-order chi connectivity index (χ0) is 17.4. The molecule has 2 amide bonds. The number of aliphatic carboxylic acids is 1. The van der Waals surface area contributed by atoms with Crippen LogP contribution in [-0.4, -0.2) is 45.0 Å². The Labute approximate surface area is 146 Å². The van der Waals surface area contributed by atoms with Crippen molar-refractivity contribution >= 4 is 41.1 Å². The van der Waals surface area contributed by atoms with Gasteiger partial charge in [0.15, 0.2) is 5.76 Å². The minimum atomic E-state index is -1.19. The third kappa shape index (κ3) is 2.61. The highest BCUT2D eigenvalue weighted by Crippen LogP contribution is 2.40. The third-order valence-electron chi connectivity index (χ3n) is 3.75. The van der Waals surface area contributed by atoms with Crippen molar-refractivity contribution in [3.05, 3.63) is 47.6 Å². The average Bonchev–Trinajstić information content (AvgIpc) is 3.07. The van der Waals surface area contributed by atoms with Crippen LogP contribution in [0.25, 0.3) is 0 Å². The van der Waals surface area contributed by atoms with Gasteiger partial charge in [-0.1, -0.05) is 12.7 Å². The van der Waals surface area contributed by atoms with Crippen molar-refractivity contribution in [1.82, 2.24) is 10.2 Å². The summed E-state index contributed by atoms with van der Waals surface area (Å²) in [5, 5.41) is 11.5. The Morgan fingerprint density at radius 3 is 2.88 bits per heavy atom. The van der Waals surface area contributed by atoms with Gasteiger partial charge in [0.05, 0.1) is 5.88 Å². The van der Waals surface area contributed by atoms with Crippen molar-refractivity contribution in [1.29, 1.82) is 0 Å². The van der Waals surface area contributed by atoms with E-state index in [9.17, 15) is 19.5 Å². The van der Waals surface area contributed by atoms with E-state index in [1.54, 1.807) is 6.07 Å². The highest BCUT2D eigenvalue weighted by atomic mass is 35.5. The summed E-state index contributed by atoms with van der Waals surface area (Å²) in [4.78, 5) is 37.1. The number of amides is 2. The van der Waals surface area contributed by atoms with Crippen LogP contribution in [-0.2, 0) is 15.5 Å². The van der Waals surface area contributed by atoms with Gasteiger partial charge in [-0.15, -0.1) is 23.4 Å². The summed E-state index contributed by atoms with van der Waals surface area (Å²) >= 11 is 6.99. The van der Waals surface area contributed by atoms with Crippen molar-refractivity contribution in [2.45, 2.75) is 17.3 Å². The van der Waals surface area contributed by atoms with Gasteiger partial charge in [0.1, 0.15) is 22.9 Å². The van der Waals surface area contributed by atoms with Crippen LogP contribution in [0.15, 0.2) is 40.5 Å². The van der Waals surface area contributed by atoms with E-state index >= 15 is 0 Å². The second kappa shape index (κ2) is 6.37. The molecule has 2 atom stereocenters. The Kier molecular flexibility index (Phi) is 4.42. The van der Waals surface area contributed by atoms with Gasteiger partial charge in [-0.3, -0.25) is 14.5 Å². The molecule has 7 nitrogen and oxygen atoms in total. The minimum Gasteiger partial charge on any atom is -0.477 e. The number of alkyl halides is 1. The maximum Gasteiger partial charge on any atom is 0.352 e. The molecule has 0 aromatic carbocycles. The van der Waals surface area contributed by atoms with Crippen LogP contribution in [0.2, 0.25) is 0 Å². The number of carboxylic acids is 1. The number of hydrogen-bond acceptors (Lipinski definition) is 5. The number of β-lactam (4-membered cyclic amide) rings is 1. The van der Waals surface area contributed by atoms with Crippen molar-refractivity contribution in [3.8, 4) is 0 Å². The molecule has 24 heavy (non-hydrogen) atoms. The second-order valence-corrected chi connectivity index (χ2v) is 6.52. The Morgan fingerprint density at radius 1 is 1.54 bits per heavy atom. The van der Waals surface area contributed by atoms with E-state index in [2.05, 4.69) is 11.9 Å². The van der Waals surface area contributed by atoms with Gasteiger partial charge in [0.25, 0.3) is 11.8 Å². The third-order valence-corrected chi connectivity index (χ3v) is 5.32. The van der Waals surface area contributed by atoms with Crippen LogP contribution in [0.3, 0.4) is 0 Å². The first-order valence-corrected chi connectivity index (χ1v) is 8.55. The molecule has 0 spiro atoms. The molecular weight excluding hydrogens is 356 g/mol. The number of carbonyl (C=O) groups is 3. The second-order valence-electron chi connectivity index (χ2n) is 5.14. The molecule has 3 heterocycles. The van der Waals surface area contributed by atoms with E-state index in [0.29, 0.717) is 17.1 Å². The molecule has 0 aliphatic carbocycles. The van der Waals surface area contributed by atoms with Crippen LogP contribution in [0.4, 0.5) is 0 Å². The maximum absolute atomic E-state index is 12.3. The first kappa shape index (κ1) is 16.7. The smallest absolute Gasteiger partial charge is 0.352 e. The summed E-state index contributed by atoms with van der Waals surface area (Å²) in [6.45, 7) is 3.58. The lowest BCUT2D eigenvalue weighted by Gasteiger charge is -2.49. The standard InChI is InChI=1S/C15H13ClN2O5S/c1-2-7-6-24-14-10(13(20)18(14)11(7)15(21)22)17-12(19)9-4-3-8(5-16)23-9/h2-4,10,14H,1,5-6H2,(H,17,19)(H,21,22)/t10-,14-/m1/s1. The quantitative estimate of drug-likeness (QED) is 0.604. The minimum absolute atomic E-state index is 0.0542. The van der Waals surface area contributed by atoms with Gasteiger partial charge in [0, 0.05) is 5.75 Å². The van der Waals surface area contributed by atoms with Gasteiger partial charge in [-0.05, 0) is 17.7 Å². The number of hydrogen-bond donors (Lipinski definition) is 2.